The summed E-state index contributed by atoms with van der Waals surface area (Å²) < 4.78 is 18.9. The van der Waals surface area contributed by atoms with Crippen molar-refractivity contribution in [1.29, 1.82) is 0 Å². The molecular formula is C22H18FN3O2. The molecule has 0 fully saturated rings. The summed E-state index contributed by atoms with van der Waals surface area (Å²) in [6.07, 6.45) is 1.38. The van der Waals surface area contributed by atoms with E-state index in [2.05, 4.69) is 15.2 Å². The van der Waals surface area contributed by atoms with Crippen LogP contribution in [0.15, 0.2) is 54.6 Å². The number of halogens is 1. The summed E-state index contributed by atoms with van der Waals surface area (Å²) in [7, 11) is 0. The molecule has 6 heteroatoms. The number of hydrogen-bond donors (Lipinski definition) is 1. The molecule has 28 heavy (non-hydrogen) atoms. The standard InChI is InChI=1S/C22H18FN3O2/c1-14-18(12-27)20-19(11-15-5-3-2-4-6-15)25-26-22(21(20)24-14)28-13-16-7-9-17(23)10-8-16/h2-10,12,24H,11,13H2,1H3. The van der Waals surface area contributed by atoms with Gasteiger partial charge in [-0.2, -0.15) is 5.10 Å². The predicted octanol–water partition coefficient (Wildman–Crippen LogP) is 4.39. The first-order valence-corrected chi connectivity index (χ1v) is 8.90. The van der Waals surface area contributed by atoms with Crippen LogP contribution >= 0.6 is 0 Å². The van der Waals surface area contributed by atoms with E-state index < -0.39 is 0 Å². The van der Waals surface area contributed by atoms with Crippen molar-refractivity contribution in [3.8, 4) is 5.88 Å². The number of aromatic amines is 1. The summed E-state index contributed by atoms with van der Waals surface area (Å²) in [5, 5.41) is 9.29. The Balaban J connectivity index is 1.71. The molecule has 4 aromatic rings. The second-order valence-corrected chi connectivity index (χ2v) is 6.56. The van der Waals surface area contributed by atoms with Gasteiger partial charge >= 0.3 is 0 Å². The zero-order valence-corrected chi connectivity index (χ0v) is 15.3. The maximum Gasteiger partial charge on any atom is 0.258 e. The minimum atomic E-state index is -0.299. The first kappa shape index (κ1) is 17.9. The van der Waals surface area contributed by atoms with Crippen LogP contribution in [0, 0.1) is 12.7 Å². The quantitative estimate of drug-likeness (QED) is 0.508. The van der Waals surface area contributed by atoms with Crippen molar-refractivity contribution >= 4 is 17.2 Å². The Bertz CT molecular complexity index is 1120. The Hall–Kier alpha value is -3.54. The predicted molar refractivity (Wildman–Crippen MR) is 104 cm³/mol. The Kier molecular flexibility index (Phi) is 4.85. The van der Waals surface area contributed by atoms with Crippen LogP contribution in [0.1, 0.15) is 32.9 Å². The van der Waals surface area contributed by atoms with Crippen molar-refractivity contribution in [1.82, 2.24) is 15.2 Å². The highest BCUT2D eigenvalue weighted by molar-refractivity contribution is 6.01. The van der Waals surface area contributed by atoms with Crippen LogP contribution in [0.25, 0.3) is 10.9 Å². The van der Waals surface area contributed by atoms with Crippen LogP contribution in [0.3, 0.4) is 0 Å². The van der Waals surface area contributed by atoms with E-state index in [1.165, 1.54) is 12.1 Å². The lowest BCUT2D eigenvalue weighted by molar-refractivity contribution is 0.112. The van der Waals surface area contributed by atoms with Crippen molar-refractivity contribution < 1.29 is 13.9 Å². The molecule has 0 aliphatic heterocycles. The second-order valence-electron chi connectivity index (χ2n) is 6.56. The topological polar surface area (TPSA) is 67.9 Å². The molecule has 0 saturated carbocycles. The third-order valence-corrected chi connectivity index (χ3v) is 4.62. The Morgan fingerprint density at radius 2 is 1.79 bits per heavy atom. The average Bonchev–Trinajstić information content (AvgIpc) is 3.06. The number of benzene rings is 2. The number of carbonyl (C=O) groups excluding carboxylic acids is 1. The lowest BCUT2D eigenvalue weighted by Crippen LogP contribution is -2.03. The Morgan fingerprint density at radius 1 is 1.04 bits per heavy atom. The van der Waals surface area contributed by atoms with Crippen LogP contribution in [0.4, 0.5) is 4.39 Å². The molecular weight excluding hydrogens is 357 g/mol. The van der Waals surface area contributed by atoms with Gasteiger partial charge in [0.25, 0.3) is 5.88 Å². The van der Waals surface area contributed by atoms with Crippen LogP contribution < -0.4 is 4.74 Å². The number of nitrogens with one attached hydrogen (secondary N) is 1. The number of carbonyl (C=O) groups is 1. The van der Waals surface area contributed by atoms with Crippen molar-refractivity contribution in [3.05, 3.63) is 88.5 Å². The van der Waals surface area contributed by atoms with Gasteiger partial charge in [0, 0.05) is 23.1 Å². The molecule has 1 N–H and O–H groups in total. The summed E-state index contributed by atoms with van der Waals surface area (Å²) in [6, 6.07) is 16.0. The van der Waals surface area contributed by atoms with Gasteiger partial charge in [-0.15, -0.1) is 5.10 Å². The lowest BCUT2D eigenvalue weighted by Gasteiger charge is -2.09. The molecule has 5 nitrogen and oxygen atoms in total. The van der Waals surface area contributed by atoms with Crippen LogP contribution in [0.2, 0.25) is 0 Å². The summed E-state index contributed by atoms with van der Waals surface area (Å²) in [6.45, 7) is 2.05. The molecule has 2 aromatic carbocycles. The van der Waals surface area contributed by atoms with E-state index in [-0.39, 0.29) is 12.4 Å². The fraction of sp³-hybridized carbons (Fsp3) is 0.136. The van der Waals surface area contributed by atoms with Crippen LogP contribution in [-0.4, -0.2) is 21.5 Å². The van der Waals surface area contributed by atoms with E-state index in [9.17, 15) is 9.18 Å². The fourth-order valence-corrected chi connectivity index (χ4v) is 3.20. The molecule has 0 radical (unpaired) electrons. The molecule has 0 atom stereocenters. The molecule has 0 bridgehead atoms. The molecule has 0 saturated heterocycles. The number of rotatable bonds is 6. The highest BCUT2D eigenvalue weighted by Gasteiger charge is 2.19. The number of aldehydes is 1. The van der Waals surface area contributed by atoms with E-state index in [1.54, 1.807) is 12.1 Å². The molecule has 4 rings (SSSR count). The first-order valence-electron chi connectivity index (χ1n) is 8.90. The third kappa shape index (κ3) is 3.49. The van der Waals surface area contributed by atoms with E-state index in [0.717, 1.165) is 28.5 Å². The van der Waals surface area contributed by atoms with Gasteiger partial charge in [-0.05, 0) is 30.2 Å². The second kappa shape index (κ2) is 7.60. The van der Waals surface area contributed by atoms with Gasteiger partial charge in [-0.3, -0.25) is 4.79 Å². The van der Waals surface area contributed by atoms with Gasteiger partial charge in [0.15, 0.2) is 6.29 Å². The number of aryl methyl sites for hydroxylation is 1. The minimum absolute atomic E-state index is 0.219. The molecule has 140 valence electrons. The van der Waals surface area contributed by atoms with Gasteiger partial charge in [0.2, 0.25) is 0 Å². The van der Waals surface area contributed by atoms with Gasteiger partial charge < -0.3 is 9.72 Å². The number of H-pyrrole nitrogens is 1. The summed E-state index contributed by atoms with van der Waals surface area (Å²) in [5.74, 6) is 0.0131. The van der Waals surface area contributed by atoms with E-state index in [1.807, 2.05) is 37.3 Å². The van der Waals surface area contributed by atoms with Gasteiger partial charge in [0.1, 0.15) is 17.9 Å². The monoisotopic (exact) mass is 375 g/mol. The SMILES string of the molecule is Cc1[nH]c2c(OCc3ccc(F)cc3)nnc(Cc3ccccc3)c2c1C=O. The largest absolute Gasteiger partial charge is 0.470 e. The molecule has 2 aromatic heterocycles. The van der Waals surface area contributed by atoms with E-state index in [0.29, 0.717) is 29.1 Å². The van der Waals surface area contributed by atoms with Gasteiger partial charge in [0.05, 0.1) is 5.69 Å². The smallest absolute Gasteiger partial charge is 0.258 e. The zero-order chi connectivity index (χ0) is 19.5. The van der Waals surface area contributed by atoms with Crippen molar-refractivity contribution in [3.63, 3.8) is 0 Å². The van der Waals surface area contributed by atoms with E-state index >= 15 is 0 Å². The minimum Gasteiger partial charge on any atom is -0.470 e. The maximum absolute atomic E-state index is 13.1. The normalized spacial score (nSPS) is 10.9. The molecule has 2 heterocycles. The number of nitrogens with zero attached hydrogens (tertiary/aromatic N) is 2. The number of fused-ring (bicyclic) bond motifs is 1. The van der Waals surface area contributed by atoms with Gasteiger partial charge in [-0.1, -0.05) is 42.5 Å². The molecule has 0 amide bonds. The molecule has 0 spiro atoms. The number of aromatic nitrogens is 3. The Labute approximate surface area is 161 Å². The van der Waals surface area contributed by atoms with Crippen molar-refractivity contribution in [2.24, 2.45) is 0 Å². The summed E-state index contributed by atoms with van der Waals surface area (Å²) in [5.41, 5.74) is 4.53. The van der Waals surface area contributed by atoms with Crippen molar-refractivity contribution in [2.45, 2.75) is 20.0 Å². The molecule has 0 aliphatic rings. The molecule has 0 unspecified atom stereocenters. The first-order chi connectivity index (χ1) is 13.7. The Morgan fingerprint density at radius 3 is 2.50 bits per heavy atom. The molecule has 0 aliphatic carbocycles. The van der Waals surface area contributed by atoms with Crippen molar-refractivity contribution in [2.75, 3.05) is 0 Å². The third-order valence-electron chi connectivity index (χ3n) is 4.62. The fourth-order valence-electron chi connectivity index (χ4n) is 3.20. The summed E-state index contributed by atoms with van der Waals surface area (Å²) in [4.78, 5) is 14.9. The lowest BCUT2D eigenvalue weighted by atomic mass is 10.0. The average molecular weight is 375 g/mol. The van der Waals surface area contributed by atoms with Crippen LogP contribution in [-0.2, 0) is 13.0 Å². The van der Waals surface area contributed by atoms with E-state index in [4.69, 9.17) is 4.74 Å². The highest BCUT2D eigenvalue weighted by atomic mass is 19.1. The highest BCUT2D eigenvalue weighted by Crippen LogP contribution is 2.30. The zero-order valence-electron chi connectivity index (χ0n) is 15.3. The van der Waals surface area contributed by atoms with Crippen LogP contribution in [0.5, 0.6) is 5.88 Å². The number of hydrogen-bond acceptors (Lipinski definition) is 4. The maximum atomic E-state index is 13.1. The number of ether oxygens (including phenoxy) is 1. The summed E-state index contributed by atoms with van der Waals surface area (Å²) >= 11 is 0. The van der Waals surface area contributed by atoms with Gasteiger partial charge in [-0.25, -0.2) is 4.39 Å².